The maximum Gasteiger partial charge on any atom is 0.416 e. The third-order valence-corrected chi connectivity index (χ3v) is 3.92. The van der Waals surface area contributed by atoms with E-state index in [-0.39, 0.29) is 11.6 Å². The average Bonchev–Trinajstić information content (AvgIpc) is 2.47. The van der Waals surface area contributed by atoms with Crippen LogP contribution < -0.4 is 15.1 Å². The third kappa shape index (κ3) is 4.04. The van der Waals surface area contributed by atoms with Crippen LogP contribution in [0.2, 0.25) is 0 Å². The Morgan fingerprint density at radius 2 is 2.00 bits per heavy atom. The smallest absolute Gasteiger partial charge is 0.359 e. The molecule has 122 valence electrons. The Balaban J connectivity index is 2.33. The number of hydrogen-bond acceptors (Lipinski definition) is 2. The number of carbonyl (C=O) groups is 1. The van der Waals surface area contributed by atoms with E-state index in [9.17, 15) is 18.0 Å². The van der Waals surface area contributed by atoms with E-state index in [2.05, 4.69) is 12.4 Å². The lowest BCUT2D eigenvalue weighted by Crippen LogP contribution is -3.12. The minimum atomic E-state index is -4.45. The summed E-state index contributed by atoms with van der Waals surface area (Å²) in [6.45, 7) is 3.23. The van der Waals surface area contributed by atoms with Crippen LogP contribution in [0.3, 0.4) is 0 Å². The molecule has 0 aromatic heterocycles. The predicted octanol–water partition coefficient (Wildman–Crippen LogP) is 1.22. The van der Waals surface area contributed by atoms with Gasteiger partial charge in [0.2, 0.25) is 5.91 Å². The van der Waals surface area contributed by atoms with E-state index in [1.807, 2.05) is 4.90 Å². The average molecular weight is 337 g/mol. The number of benzene rings is 1. The van der Waals surface area contributed by atoms with Crippen LogP contribution in [0.15, 0.2) is 18.2 Å². The number of amides is 1. The van der Waals surface area contributed by atoms with Crippen LogP contribution in [0.4, 0.5) is 24.5 Å². The number of halogens is 4. The Morgan fingerprint density at radius 1 is 1.36 bits per heavy atom. The van der Waals surface area contributed by atoms with Crippen LogP contribution in [0, 0.1) is 0 Å². The van der Waals surface area contributed by atoms with Gasteiger partial charge in [0, 0.05) is 0 Å². The van der Waals surface area contributed by atoms with Gasteiger partial charge in [0.15, 0.2) is 0 Å². The summed E-state index contributed by atoms with van der Waals surface area (Å²) in [6.07, 6.45) is -4.45. The second-order valence-corrected chi connectivity index (χ2v) is 5.62. The number of alkyl halides is 4. The molecule has 0 radical (unpaired) electrons. The Kier molecular flexibility index (Phi) is 5.18. The Hall–Kier alpha value is -1.47. The minimum absolute atomic E-state index is 0.153. The standard InChI is InChI=1S/C14H17ClF3N3O/c1-20-4-6-21(7-5-20)12-3-2-10(14(16,17)18)8-11(12)19-13(22)9-15/h2-3,8H,4-7,9H2,1H3,(H,19,22)/p+1. The zero-order chi connectivity index (χ0) is 16.3. The molecule has 0 bridgehead atoms. The van der Waals surface area contributed by atoms with Gasteiger partial charge in [-0.3, -0.25) is 4.79 Å². The van der Waals surface area contributed by atoms with Gasteiger partial charge in [-0.2, -0.15) is 13.2 Å². The van der Waals surface area contributed by atoms with Gasteiger partial charge in [-0.05, 0) is 18.2 Å². The number of carbonyl (C=O) groups excluding carboxylic acids is 1. The Morgan fingerprint density at radius 3 is 2.55 bits per heavy atom. The van der Waals surface area contributed by atoms with Gasteiger partial charge in [0.1, 0.15) is 5.88 Å². The molecular weight excluding hydrogens is 319 g/mol. The number of nitrogens with one attached hydrogen (secondary N) is 2. The fraction of sp³-hybridized carbons (Fsp3) is 0.500. The summed E-state index contributed by atoms with van der Waals surface area (Å²) in [5, 5.41) is 2.46. The molecule has 4 nitrogen and oxygen atoms in total. The molecule has 1 heterocycles. The van der Waals surface area contributed by atoms with Crippen molar-refractivity contribution in [1.29, 1.82) is 0 Å². The summed E-state index contributed by atoms with van der Waals surface area (Å²) in [6, 6.07) is 3.41. The van der Waals surface area contributed by atoms with Crippen molar-refractivity contribution in [1.82, 2.24) is 0 Å². The number of rotatable bonds is 3. The van der Waals surface area contributed by atoms with Gasteiger partial charge >= 0.3 is 6.18 Å². The molecular formula is C14H18ClF3N3O+. The number of piperazine rings is 1. The van der Waals surface area contributed by atoms with Crippen molar-refractivity contribution in [3.05, 3.63) is 23.8 Å². The summed E-state index contributed by atoms with van der Waals surface area (Å²) < 4.78 is 38.6. The normalized spacial score (nSPS) is 16.7. The monoisotopic (exact) mass is 336 g/mol. The number of hydrogen-bond donors (Lipinski definition) is 2. The molecule has 1 aliphatic heterocycles. The number of anilines is 2. The maximum atomic E-state index is 12.9. The van der Waals surface area contributed by atoms with Crippen molar-refractivity contribution in [2.24, 2.45) is 0 Å². The third-order valence-electron chi connectivity index (χ3n) is 3.68. The van der Waals surface area contributed by atoms with Crippen molar-refractivity contribution in [2.45, 2.75) is 6.18 Å². The van der Waals surface area contributed by atoms with Crippen LogP contribution in [0.5, 0.6) is 0 Å². The van der Waals surface area contributed by atoms with E-state index in [4.69, 9.17) is 11.6 Å². The molecule has 22 heavy (non-hydrogen) atoms. The number of likely N-dealkylation sites (N-methyl/N-ethyl adjacent to an activating group) is 1. The molecule has 0 aliphatic carbocycles. The van der Waals surface area contributed by atoms with Gasteiger partial charge in [-0.15, -0.1) is 11.6 Å². The second kappa shape index (κ2) is 6.75. The Bertz CT molecular complexity index is 543. The predicted molar refractivity (Wildman–Crippen MR) is 79.6 cm³/mol. The van der Waals surface area contributed by atoms with Crippen molar-refractivity contribution in [2.75, 3.05) is 49.3 Å². The largest absolute Gasteiger partial charge is 0.416 e. The van der Waals surface area contributed by atoms with E-state index in [0.717, 1.165) is 38.3 Å². The SMILES string of the molecule is C[NH+]1CCN(c2ccc(C(F)(F)F)cc2NC(=O)CCl)CC1. The summed E-state index contributed by atoms with van der Waals surface area (Å²) >= 11 is 5.44. The molecule has 1 aliphatic rings. The lowest BCUT2D eigenvalue weighted by atomic mass is 10.1. The first kappa shape index (κ1) is 16.9. The fourth-order valence-electron chi connectivity index (χ4n) is 2.40. The fourth-order valence-corrected chi connectivity index (χ4v) is 2.47. The molecule has 1 amide bonds. The highest BCUT2D eigenvalue weighted by molar-refractivity contribution is 6.29. The van der Waals surface area contributed by atoms with Crippen molar-refractivity contribution in [3.63, 3.8) is 0 Å². The first-order valence-electron chi connectivity index (χ1n) is 6.94. The van der Waals surface area contributed by atoms with Gasteiger partial charge in [-0.1, -0.05) is 0 Å². The van der Waals surface area contributed by atoms with Crippen LogP contribution >= 0.6 is 11.6 Å². The number of nitrogens with zero attached hydrogens (tertiary/aromatic N) is 1. The van der Waals surface area contributed by atoms with Gasteiger partial charge in [0.25, 0.3) is 0 Å². The van der Waals surface area contributed by atoms with E-state index < -0.39 is 17.6 Å². The molecule has 1 aromatic carbocycles. The quantitative estimate of drug-likeness (QED) is 0.814. The number of quaternary nitrogens is 1. The molecule has 0 spiro atoms. The zero-order valence-corrected chi connectivity index (χ0v) is 12.9. The van der Waals surface area contributed by atoms with Crippen LogP contribution in [-0.2, 0) is 11.0 Å². The minimum Gasteiger partial charge on any atom is -0.359 e. The van der Waals surface area contributed by atoms with E-state index >= 15 is 0 Å². The topological polar surface area (TPSA) is 36.8 Å². The molecule has 1 saturated heterocycles. The van der Waals surface area contributed by atoms with Crippen LogP contribution in [0.25, 0.3) is 0 Å². The second-order valence-electron chi connectivity index (χ2n) is 5.36. The van der Waals surface area contributed by atoms with E-state index in [0.29, 0.717) is 5.69 Å². The highest BCUT2D eigenvalue weighted by atomic mass is 35.5. The van der Waals surface area contributed by atoms with E-state index in [1.165, 1.54) is 11.0 Å². The first-order chi connectivity index (χ1) is 10.3. The van der Waals surface area contributed by atoms with Crippen LogP contribution in [0.1, 0.15) is 5.56 Å². The van der Waals surface area contributed by atoms with E-state index in [1.54, 1.807) is 0 Å². The molecule has 0 unspecified atom stereocenters. The Labute approximate surface area is 131 Å². The highest BCUT2D eigenvalue weighted by Gasteiger charge is 2.32. The lowest BCUT2D eigenvalue weighted by molar-refractivity contribution is -0.880. The lowest BCUT2D eigenvalue weighted by Gasteiger charge is -2.33. The first-order valence-corrected chi connectivity index (χ1v) is 7.48. The summed E-state index contributed by atoms with van der Waals surface area (Å²) in [4.78, 5) is 14.8. The molecule has 8 heteroatoms. The van der Waals surface area contributed by atoms with Gasteiger partial charge < -0.3 is 15.1 Å². The molecule has 1 aromatic rings. The molecule has 2 rings (SSSR count). The molecule has 0 atom stereocenters. The van der Waals surface area contributed by atoms with Gasteiger partial charge in [-0.25, -0.2) is 0 Å². The molecule has 0 saturated carbocycles. The van der Waals surface area contributed by atoms with Gasteiger partial charge in [0.05, 0.1) is 50.2 Å². The summed E-state index contributed by atoms with van der Waals surface area (Å²) in [7, 11) is 2.07. The van der Waals surface area contributed by atoms with Crippen molar-refractivity contribution < 1.29 is 22.9 Å². The van der Waals surface area contributed by atoms with Crippen molar-refractivity contribution >= 4 is 28.9 Å². The molecule has 1 fully saturated rings. The summed E-state index contributed by atoms with van der Waals surface area (Å²) in [5.74, 6) is -0.829. The summed E-state index contributed by atoms with van der Waals surface area (Å²) in [5.41, 5.74) is -0.0418. The molecule has 2 N–H and O–H groups in total. The van der Waals surface area contributed by atoms with Crippen LogP contribution in [-0.4, -0.2) is 45.0 Å². The van der Waals surface area contributed by atoms with Crippen molar-refractivity contribution in [3.8, 4) is 0 Å². The maximum absolute atomic E-state index is 12.9. The highest BCUT2D eigenvalue weighted by Crippen LogP contribution is 2.35. The zero-order valence-electron chi connectivity index (χ0n) is 12.1.